The fourth-order valence-electron chi connectivity index (χ4n) is 2.05. The van der Waals surface area contributed by atoms with E-state index in [9.17, 15) is 14.9 Å². The number of hydrogen-bond donors (Lipinski definition) is 1. The van der Waals surface area contributed by atoms with Gasteiger partial charge in [0, 0.05) is 24.4 Å². The maximum Gasteiger partial charge on any atom is 0.273 e. The summed E-state index contributed by atoms with van der Waals surface area (Å²) in [6.07, 6.45) is 3.36. The molecule has 2 rings (SSSR count). The predicted molar refractivity (Wildman–Crippen MR) is 82.6 cm³/mol. The predicted octanol–water partition coefficient (Wildman–Crippen LogP) is 2.11. The second-order valence-corrected chi connectivity index (χ2v) is 4.57. The monoisotopic (exact) mass is 300 g/mol. The van der Waals surface area contributed by atoms with Crippen LogP contribution in [0.3, 0.4) is 0 Å². The number of aryl methyl sites for hydroxylation is 1. The minimum atomic E-state index is -0.500. The SMILES string of the molecule is CCn1cccc1/C=N/NC(=O)Cc1ccccc1[N+](=O)[O-]. The summed E-state index contributed by atoms with van der Waals surface area (Å²) >= 11 is 0. The molecule has 22 heavy (non-hydrogen) atoms. The highest BCUT2D eigenvalue weighted by Gasteiger charge is 2.14. The molecule has 0 saturated carbocycles. The molecule has 0 spiro atoms. The zero-order valence-corrected chi connectivity index (χ0v) is 12.1. The van der Waals surface area contributed by atoms with Crippen molar-refractivity contribution >= 4 is 17.8 Å². The van der Waals surface area contributed by atoms with Crippen molar-refractivity contribution in [3.05, 3.63) is 64.0 Å². The van der Waals surface area contributed by atoms with Crippen molar-refractivity contribution in [1.29, 1.82) is 0 Å². The van der Waals surface area contributed by atoms with Gasteiger partial charge in [-0.15, -0.1) is 0 Å². The lowest BCUT2D eigenvalue weighted by Gasteiger charge is -2.02. The number of aromatic nitrogens is 1. The Morgan fingerprint density at radius 1 is 1.36 bits per heavy atom. The van der Waals surface area contributed by atoms with E-state index >= 15 is 0 Å². The molecule has 0 fully saturated rings. The molecule has 0 radical (unpaired) electrons. The third-order valence-electron chi connectivity index (χ3n) is 3.13. The number of benzene rings is 1. The van der Waals surface area contributed by atoms with Crippen molar-refractivity contribution in [3.63, 3.8) is 0 Å². The number of nitro benzene ring substituents is 1. The molecule has 114 valence electrons. The molecule has 1 aromatic heterocycles. The number of nitrogens with one attached hydrogen (secondary N) is 1. The number of hydrazone groups is 1. The van der Waals surface area contributed by atoms with E-state index in [0.717, 1.165) is 12.2 Å². The topological polar surface area (TPSA) is 89.5 Å². The Kier molecular flexibility index (Phi) is 5.02. The normalized spacial score (nSPS) is 10.8. The first-order chi connectivity index (χ1) is 10.6. The fraction of sp³-hybridized carbons (Fsp3) is 0.200. The van der Waals surface area contributed by atoms with Gasteiger partial charge in [-0.3, -0.25) is 14.9 Å². The first kappa shape index (κ1) is 15.4. The van der Waals surface area contributed by atoms with Crippen LogP contribution in [0.4, 0.5) is 5.69 Å². The second-order valence-electron chi connectivity index (χ2n) is 4.57. The molecule has 0 aliphatic carbocycles. The molecule has 0 unspecified atom stereocenters. The van der Waals surface area contributed by atoms with Crippen LogP contribution in [0.2, 0.25) is 0 Å². The van der Waals surface area contributed by atoms with E-state index in [1.54, 1.807) is 24.4 Å². The maximum absolute atomic E-state index is 11.8. The van der Waals surface area contributed by atoms with Gasteiger partial charge in [-0.05, 0) is 19.1 Å². The summed E-state index contributed by atoms with van der Waals surface area (Å²) in [5.41, 5.74) is 3.54. The maximum atomic E-state index is 11.8. The van der Waals surface area contributed by atoms with E-state index < -0.39 is 10.8 Å². The Morgan fingerprint density at radius 2 is 2.14 bits per heavy atom. The Hall–Kier alpha value is -2.96. The van der Waals surface area contributed by atoms with Crippen LogP contribution in [0.25, 0.3) is 0 Å². The quantitative estimate of drug-likeness (QED) is 0.503. The first-order valence-corrected chi connectivity index (χ1v) is 6.81. The van der Waals surface area contributed by atoms with Crippen LogP contribution >= 0.6 is 0 Å². The summed E-state index contributed by atoms with van der Waals surface area (Å²) < 4.78 is 1.97. The van der Waals surface area contributed by atoms with Crippen LogP contribution in [0, 0.1) is 10.1 Å². The first-order valence-electron chi connectivity index (χ1n) is 6.81. The molecule has 2 aromatic rings. The lowest BCUT2D eigenvalue weighted by Crippen LogP contribution is -2.20. The van der Waals surface area contributed by atoms with Gasteiger partial charge in [0.25, 0.3) is 5.69 Å². The molecule has 0 saturated heterocycles. The average molecular weight is 300 g/mol. The van der Waals surface area contributed by atoms with Crippen molar-refractivity contribution in [2.75, 3.05) is 0 Å². The summed E-state index contributed by atoms with van der Waals surface area (Å²) in [4.78, 5) is 22.2. The third kappa shape index (κ3) is 3.78. The van der Waals surface area contributed by atoms with Crippen molar-refractivity contribution in [2.45, 2.75) is 19.9 Å². The van der Waals surface area contributed by atoms with Crippen LogP contribution in [0.1, 0.15) is 18.2 Å². The standard InChI is InChI=1S/C15H16N4O3/c1-2-18-9-5-7-13(18)11-16-17-15(20)10-12-6-3-4-8-14(12)19(21)22/h3-9,11H,2,10H2,1H3,(H,17,20)/b16-11+. The van der Waals surface area contributed by atoms with E-state index in [-0.39, 0.29) is 12.1 Å². The number of nitrogens with zero attached hydrogens (tertiary/aromatic N) is 3. The van der Waals surface area contributed by atoms with Gasteiger partial charge in [-0.1, -0.05) is 18.2 Å². The molecule has 1 aromatic carbocycles. The minimum absolute atomic E-state index is 0.0681. The number of nitro groups is 1. The summed E-state index contributed by atoms with van der Waals surface area (Å²) in [5.74, 6) is -0.403. The van der Waals surface area contributed by atoms with Crippen molar-refractivity contribution in [2.24, 2.45) is 5.10 Å². The van der Waals surface area contributed by atoms with Gasteiger partial charge < -0.3 is 4.57 Å². The molecular weight excluding hydrogens is 284 g/mol. The fourth-order valence-corrected chi connectivity index (χ4v) is 2.05. The van der Waals surface area contributed by atoms with E-state index in [4.69, 9.17) is 0 Å². The summed E-state index contributed by atoms with van der Waals surface area (Å²) in [6, 6.07) is 9.93. The van der Waals surface area contributed by atoms with Gasteiger partial charge >= 0.3 is 0 Å². The molecule has 1 heterocycles. The van der Waals surface area contributed by atoms with Gasteiger partial charge in [-0.25, -0.2) is 5.43 Å². The summed E-state index contributed by atoms with van der Waals surface area (Å²) in [5, 5.41) is 14.8. The molecule has 7 heteroatoms. The van der Waals surface area contributed by atoms with Gasteiger partial charge in [0.05, 0.1) is 23.3 Å². The largest absolute Gasteiger partial charge is 0.347 e. The number of carbonyl (C=O) groups excluding carboxylic acids is 1. The van der Waals surface area contributed by atoms with Crippen molar-refractivity contribution in [1.82, 2.24) is 9.99 Å². The lowest BCUT2D eigenvalue weighted by atomic mass is 10.1. The second kappa shape index (κ2) is 7.16. The van der Waals surface area contributed by atoms with Crippen LogP contribution in [0.15, 0.2) is 47.7 Å². The molecule has 0 aliphatic heterocycles. The van der Waals surface area contributed by atoms with Gasteiger partial charge in [0.2, 0.25) is 5.91 Å². The number of hydrogen-bond acceptors (Lipinski definition) is 4. The van der Waals surface area contributed by atoms with E-state index in [1.165, 1.54) is 6.07 Å². The molecule has 0 atom stereocenters. The van der Waals surface area contributed by atoms with Gasteiger partial charge in [0.1, 0.15) is 0 Å². The molecular formula is C15H16N4O3. The van der Waals surface area contributed by atoms with Crippen molar-refractivity contribution < 1.29 is 9.72 Å². The van der Waals surface area contributed by atoms with Crippen LogP contribution in [-0.2, 0) is 17.8 Å². The molecule has 0 aliphatic rings. The van der Waals surface area contributed by atoms with E-state index in [0.29, 0.717) is 5.56 Å². The van der Waals surface area contributed by atoms with Gasteiger partial charge in [0.15, 0.2) is 0 Å². The van der Waals surface area contributed by atoms with Gasteiger partial charge in [-0.2, -0.15) is 5.10 Å². The number of carbonyl (C=O) groups is 1. The Bertz CT molecular complexity index is 706. The third-order valence-corrected chi connectivity index (χ3v) is 3.13. The number of amides is 1. The molecule has 1 amide bonds. The van der Waals surface area contributed by atoms with Crippen molar-refractivity contribution in [3.8, 4) is 0 Å². The van der Waals surface area contributed by atoms with Crippen LogP contribution in [-0.4, -0.2) is 21.6 Å². The Balaban J connectivity index is 1.98. The molecule has 7 nitrogen and oxygen atoms in total. The van der Waals surface area contributed by atoms with Crippen LogP contribution < -0.4 is 5.43 Å². The Labute approximate surface area is 127 Å². The molecule has 0 bridgehead atoms. The Morgan fingerprint density at radius 3 is 2.86 bits per heavy atom. The van der Waals surface area contributed by atoms with E-state index in [2.05, 4.69) is 10.5 Å². The van der Waals surface area contributed by atoms with Crippen LogP contribution in [0.5, 0.6) is 0 Å². The number of para-hydroxylation sites is 1. The number of rotatable bonds is 6. The lowest BCUT2D eigenvalue weighted by molar-refractivity contribution is -0.385. The highest BCUT2D eigenvalue weighted by molar-refractivity contribution is 5.82. The summed E-state index contributed by atoms with van der Waals surface area (Å²) in [7, 11) is 0. The highest BCUT2D eigenvalue weighted by atomic mass is 16.6. The smallest absolute Gasteiger partial charge is 0.273 e. The zero-order chi connectivity index (χ0) is 15.9. The summed E-state index contributed by atoms with van der Waals surface area (Å²) in [6.45, 7) is 2.81. The highest BCUT2D eigenvalue weighted by Crippen LogP contribution is 2.17. The zero-order valence-electron chi connectivity index (χ0n) is 12.1. The minimum Gasteiger partial charge on any atom is -0.347 e. The average Bonchev–Trinajstić information content (AvgIpc) is 2.95. The molecule has 1 N–H and O–H groups in total. The van der Waals surface area contributed by atoms with E-state index in [1.807, 2.05) is 29.8 Å².